The summed E-state index contributed by atoms with van der Waals surface area (Å²) in [5.41, 5.74) is 0.857. The zero-order valence-electron chi connectivity index (χ0n) is 15.1. The number of benzene rings is 1. The predicted octanol–water partition coefficient (Wildman–Crippen LogP) is 2.06. The number of halogens is 1. The predicted molar refractivity (Wildman–Crippen MR) is 122 cm³/mol. The third kappa shape index (κ3) is 9.43. The summed E-state index contributed by atoms with van der Waals surface area (Å²) in [6.07, 6.45) is 1.10. The number of aliphatic imine (C=N–C) groups is 1. The first-order chi connectivity index (χ1) is 12.8. The Morgan fingerprint density at radius 3 is 2.46 bits per heavy atom. The molecule has 1 heterocycles. The molecule has 0 fully saturated rings. The van der Waals surface area contributed by atoms with Crippen LogP contribution in [-0.2, 0) is 23.1 Å². The molecule has 0 aliphatic heterocycles. The maximum atomic E-state index is 11.1. The van der Waals surface area contributed by atoms with Crippen LogP contribution in [-0.4, -0.2) is 38.6 Å². The van der Waals surface area contributed by atoms with Gasteiger partial charge in [0.25, 0.3) is 5.69 Å². The summed E-state index contributed by atoms with van der Waals surface area (Å²) in [4.78, 5) is 15.8. The highest BCUT2D eigenvalue weighted by Gasteiger charge is 2.05. The van der Waals surface area contributed by atoms with Crippen LogP contribution in [0.4, 0.5) is 5.69 Å². The van der Waals surface area contributed by atoms with Gasteiger partial charge in [0, 0.05) is 30.1 Å². The maximum Gasteiger partial charge on any atom is 0.269 e. The average molecular weight is 539 g/mol. The van der Waals surface area contributed by atoms with Gasteiger partial charge in [-0.15, -0.1) is 35.3 Å². The van der Waals surface area contributed by atoms with Gasteiger partial charge in [0.05, 0.1) is 24.3 Å². The quantitative estimate of drug-likeness (QED) is 0.112. The van der Waals surface area contributed by atoms with Gasteiger partial charge in [-0.05, 0) is 17.0 Å². The Morgan fingerprint density at radius 1 is 1.18 bits per heavy atom. The van der Waals surface area contributed by atoms with Crippen LogP contribution in [0.5, 0.6) is 0 Å². The molecular formula is C16H22IN5O4S2. The number of rotatable bonds is 9. The fraction of sp³-hybridized carbons (Fsp3) is 0.312. The average Bonchev–Trinajstić information content (AvgIpc) is 3.13. The molecule has 2 aromatic rings. The smallest absolute Gasteiger partial charge is 0.269 e. The molecule has 0 spiro atoms. The van der Waals surface area contributed by atoms with Gasteiger partial charge < -0.3 is 10.6 Å². The third-order valence-corrected chi connectivity index (χ3v) is 4.96. The number of nitrogens with one attached hydrogen (secondary N) is 3. The molecule has 0 atom stereocenters. The molecule has 154 valence electrons. The van der Waals surface area contributed by atoms with Gasteiger partial charge >= 0.3 is 0 Å². The summed E-state index contributed by atoms with van der Waals surface area (Å²) in [5, 5.41) is 18.9. The number of guanidine groups is 1. The van der Waals surface area contributed by atoms with E-state index in [4.69, 9.17) is 0 Å². The number of nitro groups is 1. The van der Waals surface area contributed by atoms with Gasteiger partial charge in [-0.2, -0.15) is 0 Å². The van der Waals surface area contributed by atoms with Crippen LogP contribution in [0.15, 0.2) is 46.8 Å². The van der Waals surface area contributed by atoms with Crippen LogP contribution in [0.3, 0.4) is 0 Å². The molecule has 0 amide bonds. The first-order valence-corrected chi connectivity index (χ1v) is 10.8. The second-order valence-electron chi connectivity index (χ2n) is 5.61. The first-order valence-electron chi connectivity index (χ1n) is 8.06. The van der Waals surface area contributed by atoms with Crippen molar-refractivity contribution in [1.29, 1.82) is 0 Å². The highest BCUT2D eigenvalue weighted by molar-refractivity contribution is 14.0. The number of hydrogen-bond donors (Lipinski definition) is 3. The van der Waals surface area contributed by atoms with E-state index in [0.717, 1.165) is 16.7 Å². The van der Waals surface area contributed by atoms with Gasteiger partial charge in [-0.1, -0.05) is 18.2 Å². The first kappa shape index (κ1) is 24.3. The number of non-ortho nitro benzene ring substituents is 1. The van der Waals surface area contributed by atoms with E-state index in [9.17, 15) is 18.5 Å². The van der Waals surface area contributed by atoms with Crippen LogP contribution >= 0.6 is 35.3 Å². The Bertz CT molecular complexity index is 871. The summed E-state index contributed by atoms with van der Waals surface area (Å²) in [6.45, 7) is 1.51. The van der Waals surface area contributed by atoms with Crippen molar-refractivity contribution in [2.24, 2.45) is 4.99 Å². The Kier molecular flexibility index (Phi) is 10.3. The van der Waals surface area contributed by atoms with Crippen molar-refractivity contribution < 1.29 is 13.3 Å². The molecule has 9 nitrogen and oxygen atoms in total. The van der Waals surface area contributed by atoms with Crippen LogP contribution in [0.25, 0.3) is 0 Å². The summed E-state index contributed by atoms with van der Waals surface area (Å²) < 4.78 is 24.6. The number of nitro benzene ring substituents is 1. The van der Waals surface area contributed by atoms with E-state index in [0.29, 0.717) is 25.6 Å². The van der Waals surface area contributed by atoms with E-state index in [-0.39, 0.29) is 36.2 Å². The Morgan fingerprint density at radius 2 is 1.89 bits per heavy atom. The van der Waals surface area contributed by atoms with Crippen molar-refractivity contribution in [2.45, 2.75) is 13.1 Å². The highest BCUT2D eigenvalue weighted by Crippen LogP contribution is 2.12. The van der Waals surface area contributed by atoms with Crippen LogP contribution < -0.4 is 15.4 Å². The Labute approximate surface area is 184 Å². The molecule has 0 aliphatic rings. The summed E-state index contributed by atoms with van der Waals surface area (Å²) in [6, 6.07) is 10.1. The summed E-state index contributed by atoms with van der Waals surface area (Å²) in [7, 11) is -3.24. The Hall–Kier alpha value is -1.77. The van der Waals surface area contributed by atoms with E-state index in [1.807, 2.05) is 17.5 Å². The minimum Gasteiger partial charge on any atom is -0.355 e. The zero-order valence-corrected chi connectivity index (χ0v) is 19.1. The van der Waals surface area contributed by atoms with Crippen molar-refractivity contribution in [3.63, 3.8) is 0 Å². The lowest BCUT2D eigenvalue weighted by atomic mass is 10.2. The van der Waals surface area contributed by atoms with Crippen molar-refractivity contribution in [1.82, 2.24) is 15.4 Å². The highest BCUT2D eigenvalue weighted by atomic mass is 127. The third-order valence-electron chi connectivity index (χ3n) is 3.36. The van der Waals surface area contributed by atoms with Crippen molar-refractivity contribution in [3.8, 4) is 0 Å². The van der Waals surface area contributed by atoms with E-state index >= 15 is 0 Å². The largest absolute Gasteiger partial charge is 0.355 e. The lowest BCUT2D eigenvalue weighted by Crippen LogP contribution is -2.41. The fourth-order valence-corrected chi connectivity index (χ4v) is 3.19. The Balaban J connectivity index is 0.00000392. The van der Waals surface area contributed by atoms with Crippen molar-refractivity contribution in [3.05, 3.63) is 62.3 Å². The summed E-state index contributed by atoms with van der Waals surface area (Å²) >= 11 is 1.61. The lowest BCUT2D eigenvalue weighted by Gasteiger charge is -2.12. The van der Waals surface area contributed by atoms with Gasteiger partial charge in [-0.3, -0.25) is 10.1 Å². The molecule has 0 unspecified atom stereocenters. The molecule has 12 heteroatoms. The summed E-state index contributed by atoms with van der Waals surface area (Å²) in [5.74, 6) is 0.525. The standard InChI is InChI=1S/C16H21N5O4S2.HI/c1-27(24,25)20-9-8-17-16(19-12-15-3-2-10-26-15)18-11-13-4-6-14(7-5-13)21(22)23;/h2-7,10,20H,8-9,11-12H2,1H3,(H2,17,18,19);1H. The van der Waals surface area contributed by atoms with E-state index in [1.54, 1.807) is 23.5 Å². The molecule has 28 heavy (non-hydrogen) atoms. The maximum absolute atomic E-state index is 11.1. The molecule has 1 aromatic carbocycles. The second-order valence-corrected chi connectivity index (χ2v) is 8.48. The molecule has 0 saturated heterocycles. The van der Waals surface area contributed by atoms with Crippen molar-refractivity contribution in [2.75, 3.05) is 19.3 Å². The molecule has 1 aromatic heterocycles. The number of sulfonamides is 1. The fourth-order valence-electron chi connectivity index (χ4n) is 2.07. The number of nitrogens with zero attached hydrogens (tertiary/aromatic N) is 2. The molecule has 3 N–H and O–H groups in total. The van der Waals surface area contributed by atoms with E-state index in [2.05, 4.69) is 20.3 Å². The minimum atomic E-state index is -3.24. The van der Waals surface area contributed by atoms with Gasteiger partial charge in [-0.25, -0.2) is 18.1 Å². The second kappa shape index (κ2) is 11.9. The normalized spacial score (nSPS) is 11.5. The van der Waals surface area contributed by atoms with Gasteiger partial charge in [0.15, 0.2) is 5.96 Å². The number of hydrogen-bond acceptors (Lipinski definition) is 6. The van der Waals surface area contributed by atoms with Gasteiger partial charge in [0.1, 0.15) is 0 Å². The molecular weight excluding hydrogens is 517 g/mol. The van der Waals surface area contributed by atoms with Gasteiger partial charge in [0.2, 0.25) is 10.0 Å². The molecule has 0 saturated carbocycles. The lowest BCUT2D eigenvalue weighted by molar-refractivity contribution is -0.384. The monoisotopic (exact) mass is 539 g/mol. The van der Waals surface area contributed by atoms with Crippen molar-refractivity contribution >= 4 is 57.0 Å². The van der Waals surface area contributed by atoms with Crippen LogP contribution in [0, 0.1) is 10.1 Å². The SMILES string of the molecule is CS(=O)(=O)NCCNC(=NCc1ccc([N+](=O)[O-])cc1)NCc1cccs1.I. The zero-order chi connectivity index (χ0) is 19.7. The molecule has 0 aliphatic carbocycles. The van der Waals surface area contributed by atoms with E-state index < -0.39 is 14.9 Å². The number of thiophene rings is 1. The van der Waals surface area contributed by atoms with Crippen LogP contribution in [0.1, 0.15) is 10.4 Å². The molecule has 2 rings (SSSR count). The molecule has 0 radical (unpaired) electrons. The molecule has 0 bridgehead atoms. The van der Waals surface area contributed by atoms with Crippen LogP contribution in [0.2, 0.25) is 0 Å². The van der Waals surface area contributed by atoms with E-state index in [1.165, 1.54) is 12.1 Å². The topological polar surface area (TPSA) is 126 Å². The minimum absolute atomic E-state index is 0.